The molecule has 0 unspecified atom stereocenters. The third-order valence-corrected chi connectivity index (χ3v) is 3.57. The zero-order chi connectivity index (χ0) is 15.5. The molecule has 0 radical (unpaired) electrons. The van der Waals surface area contributed by atoms with Gasteiger partial charge in [-0.1, -0.05) is 12.1 Å². The van der Waals surface area contributed by atoms with Crippen LogP contribution in [0.1, 0.15) is 11.6 Å². The van der Waals surface area contributed by atoms with Gasteiger partial charge in [-0.15, -0.1) is 0 Å². The molecule has 0 aliphatic heterocycles. The van der Waals surface area contributed by atoms with Crippen molar-refractivity contribution >= 4 is 11.9 Å². The summed E-state index contributed by atoms with van der Waals surface area (Å²) in [7, 11) is 1.32. The van der Waals surface area contributed by atoms with Crippen LogP contribution in [0.5, 0.6) is 0 Å². The highest BCUT2D eigenvalue weighted by Crippen LogP contribution is 2.41. The van der Waals surface area contributed by atoms with Gasteiger partial charge in [-0.3, -0.25) is 0 Å². The smallest absolute Gasteiger partial charge is 0.244 e. The van der Waals surface area contributed by atoms with E-state index in [2.05, 4.69) is 9.97 Å². The van der Waals surface area contributed by atoms with E-state index in [0.29, 0.717) is 4.90 Å². The van der Waals surface area contributed by atoms with E-state index >= 15 is 0 Å². The van der Waals surface area contributed by atoms with Crippen molar-refractivity contribution in [2.75, 3.05) is 7.05 Å². The summed E-state index contributed by atoms with van der Waals surface area (Å²) in [5, 5.41) is 0. The van der Waals surface area contributed by atoms with Crippen molar-refractivity contribution in [2.24, 2.45) is 0 Å². The quantitative estimate of drug-likeness (QED) is 0.632. The van der Waals surface area contributed by atoms with Crippen LogP contribution in [-0.4, -0.2) is 27.5 Å². The Morgan fingerprint density at radius 3 is 2.19 bits per heavy atom. The Hall–Kier alpha value is -1.67. The van der Waals surface area contributed by atoms with Crippen molar-refractivity contribution in [3.63, 3.8) is 0 Å². The number of hydrogen-bond donors (Lipinski definition) is 0. The summed E-state index contributed by atoms with van der Waals surface area (Å²) in [6, 6.07) is 2.43. The third kappa shape index (κ3) is 4.15. The fraction of sp³-hybridized carbons (Fsp3) is 0.231. The average molecular weight is 317 g/mol. The van der Waals surface area contributed by atoms with Crippen LogP contribution in [0.25, 0.3) is 0 Å². The van der Waals surface area contributed by atoms with Crippen LogP contribution in [0, 0.1) is 5.82 Å². The molecule has 1 atom stereocenters. The first kappa shape index (κ1) is 15.7. The Balaban J connectivity index is 2.26. The molecule has 0 N–H and O–H groups in total. The SMILES string of the molecule is CN(Sc1cncnc1)[C@H](c1ccc(F)cc1)C(F)(F)F. The normalized spacial score (nSPS) is 13.4. The maximum Gasteiger partial charge on any atom is 0.408 e. The van der Waals surface area contributed by atoms with Crippen molar-refractivity contribution in [1.82, 2.24) is 14.3 Å². The van der Waals surface area contributed by atoms with Gasteiger partial charge in [0.05, 0.1) is 4.90 Å². The first-order valence-electron chi connectivity index (χ1n) is 5.86. The second kappa shape index (κ2) is 6.40. The minimum Gasteiger partial charge on any atom is -0.244 e. The lowest BCUT2D eigenvalue weighted by molar-refractivity contribution is -0.169. The number of hydrogen-bond acceptors (Lipinski definition) is 4. The second-order valence-corrected chi connectivity index (χ2v) is 5.44. The van der Waals surface area contributed by atoms with Gasteiger partial charge in [0.15, 0.2) is 0 Å². The fourth-order valence-electron chi connectivity index (χ4n) is 1.80. The van der Waals surface area contributed by atoms with Crippen LogP contribution in [0.3, 0.4) is 0 Å². The van der Waals surface area contributed by atoms with Crippen molar-refractivity contribution in [3.05, 3.63) is 54.4 Å². The Morgan fingerprint density at radius 1 is 1.10 bits per heavy atom. The highest BCUT2D eigenvalue weighted by Gasteiger charge is 2.44. The molecule has 1 aromatic heterocycles. The lowest BCUT2D eigenvalue weighted by atomic mass is 10.1. The van der Waals surface area contributed by atoms with E-state index in [4.69, 9.17) is 0 Å². The zero-order valence-corrected chi connectivity index (χ0v) is 11.7. The fourth-order valence-corrected chi connectivity index (χ4v) is 2.70. The Morgan fingerprint density at radius 2 is 1.67 bits per heavy atom. The third-order valence-electron chi connectivity index (χ3n) is 2.65. The second-order valence-electron chi connectivity index (χ2n) is 4.21. The monoisotopic (exact) mass is 317 g/mol. The first-order chi connectivity index (χ1) is 9.88. The largest absolute Gasteiger partial charge is 0.408 e. The van der Waals surface area contributed by atoms with Gasteiger partial charge in [-0.25, -0.2) is 18.7 Å². The minimum absolute atomic E-state index is 0.0317. The van der Waals surface area contributed by atoms with Gasteiger partial charge in [0.2, 0.25) is 0 Å². The number of halogens is 4. The van der Waals surface area contributed by atoms with Crippen molar-refractivity contribution in [3.8, 4) is 0 Å². The van der Waals surface area contributed by atoms with E-state index in [1.807, 2.05) is 0 Å². The summed E-state index contributed by atoms with van der Waals surface area (Å²) in [5.74, 6) is -0.577. The van der Waals surface area contributed by atoms with E-state index in [1.165, 1.54) is 25.8 Å². The molecular formula is C13H11F4N3S. The molecule has 0 amide bonds. The van der Waals surface area contributed by atoms with Gasteiger partial charge in [0.1, 0.15) is 18.2 Å². The molecule has 0 bridgehead atoms. The number of rotatable bonds is 4. The number of nitrogens with zero attached hydrogens (tertiary/aromatic N) is 3. The molecule has 1 aromatic carbocycles. The highest BCUT2D eigenvalue weighted by atomic mass is 32.2. The molecule has 112 valence electrons. The van der Waals surface area contributed by atoms with E-state index in [0.717, 1.165) is 40.5 Å². The van der Waals surface area contributed by atoms with Gasteiger partial charge in [0.25, 0.3) is 0 Å². The van der Waals surface area contributed by atoms with Crippen LogP contribution in [0.2, 0.25) is 0 Å². The summed E-state index contributed by atoms with van der Waals surface area (Å²) < 4.78 is 53.8. The molecule has 2 rings (SSSR count). The van der Waals surface area contributed by atoms with Gasteiger partial charge in [-0.05, 0) is 36.7 Å². The molecule has 0 saturated carbocycles. The summed E-state index contributed by atoms with van der Waals surface area (Å²) in [5.41, 5.74) is -0.0317. The van der Waals surface area contributed by atoms with Crippen molar-refractivity contribution in [1.29, 1.82) is 0 Å². The standard InChI is InChI=1S/C13H11F4N3S/c1-20(21-11-6-18-8-19-7-11)12(13(15,16)17)9-2-4-10(14)5-3-9/h2-8,12H,1H3/t12-/m1/s1. The molecule has 0 fully saturated rings. The summed E-state index contributed by atoms with van der Waals surface area (Å²) >= 11 is 0.872. The van der Waals surface area contributed by atoms with Gasteiger partial charge >= 0.3 is 6.18 Å². The molecule has 21 heavy (non-hydrogen) atoms. The number of benzene rings is 1. The van der Waals surface area contributed by atoms with Gasteiger partial charge < -0.3 is 0 Å². The van der Waals surface area contributed by atoms with E-state index in [-0.39, 0.29) is 5.56 Å². The van der Waals surface area contributed by atoms with Crippen LogP contribution in [-0.2, 0) is 0 Å². The first-order valence-corrected chi connectivity index (χ1v) is 6.63. The maximum atomic E-state index is 13.3. The van der Waals surface area contributed by atoms with Gasteiger partial charge in [-0.2, -0.15) is 13.2 Å². The van der Waals surface area contributed by atoms with Crippen LogP contribution >= 0.6 is 11.9 Å². The lowest BCUT2D eigenvalue weighted by Crippen LogP contribution is -2.31. The van der Waals surface area contributed by atoms with E-state index in [9.17, 15) is 17.6 Å². The molecule has 0 aliphatic rings. The molecule has 0 spiro atoms. The molecule has 0 aliphatic carbocycles. The Labute approximate surface area is 123 Å². The average Bonchev–Trinajstić information content (AvgIpc) is 2.41. The van der Waals surface area contributed by atoms with Gasteiger partial charge in [0, 0.05) is 12.4 Å². The number of aromatic nitrogens is 2. The maximum absolute atomic E-state index is 13.3. The van der Waals surface area contributed by atoms with E-state index < -0.39 is 18.0 Å². The summed E-state index contributed by atoms with van der Waals surface area (Å²) in [6.45, 7) is 0. The topological polar surface area (TPSA) is 29.0 Å². The van der Waals surface area contributed by atoms with Crippen molar-refractivity contribution < 1.29 is 17.6 Å². The molecular weight excluding hydrogens is 306 g/mol. The van der Waals surface area contributed by atoms with E-state index in [1.54, 1.807) is 0 Å². The summed E-state index contributed by atoms with van der Waals surface area (Å²) in [4.78, 5) is 7.99. The molecule has 2 aromatic rings. The van der Waals surface area contributed by atoms with Crippen LogP contribution in [0.15, 0.2) is 47.9 Å². The number of alkyl halides is 3. The van der Waals surface area contributed by atoms with Crippen LogP contribution in [0.4, 0.5) is 17.6 Å². The molecule has 0 saturated heterocycles. The highest BCUT2D eigenvalue weighted by molar-refractivity contribution is 7.97. The lowest BCUT2D eigenvalue weighted by Gasteiger charge is -2.29. The summed E-state index contributed by atoms with van der Waals surface area (Å²) in [6.07, 6.45) is -0.348. The Bertz CT molecular complexity index is 574. The zero-order valence-electron chi connectivity index (χ0n) is 10.9. The predicted molar refractivity (Wildman–Crippen MR) is 70.8 cm³/mol. The molecule has 3 nitrogen and oxygen atoms in total. The minimum atomic E-state index is -4.49. The van der Waals surface area contributed by atoms with Crippen molar-refractivity contribution in [2.45, 2.75) is 17.1 Å². The predicted octanol–water partition coefficient (Wildman–Crippen LogP) is 3.86. The molecule has 1 heterocycles. The Kier molecular flexibility index (Phi) is 4.79. The van der Waals surface area contributed by atoms with Crippen LogP contribution < -0.4 is 0 Å². The molecule has 8 heteroatoms.